The van der Waals surface area contributed by atoms with Gasteiger partial charge in [0.2, 0.25) is 11.8 Å². The fourth-order valence-corrected chi connectivity index (χ4v) is 0.627. The molecule has 0 saturated carbocycles. The first-order valence-electron chi connectivity index (χ1n) is 2.29. The summed E-state index contributed by atoms with van der Waals surface area (Å²) >= 11 is 0.995. The SMILES string of the molecule is CC(=O)NSCC(N)=O. The molecule has 0 aliphatic rings. The van der Waals surface area contributed by atoms with Crippen molar-refractivity contribution in [3.8, 4) is 0 Å². The topological polar surface area (TPSA) is 72.2 Å². The van der Waals surface area contributed by atoms with E-state index in [-0.39, 0.29) is 11.7 Å². The van der Waals surface area contributed by atoms with E-state index in [4.69, 9.17) is 5.73 Å². The van der Waals surface area contributed by atoms with Crippen LogP contribution in [0.15, 0.2) is 0 Å². The summed E-state index contributed by atoms with van der Waals surface area (Å²) in [6, 6.07) is 0. The van der Waals surface area contributed by atoms with Crippen LogP contribution in [0.3, 0.4) is 0 Å². The van der Waals surface area contributed by atoms with Crippen LogP contribution < -0.4 is 10.5 Å². The van der Waals surface area contributed by atoms with Crippen LogP contribution in [-0.2, 0) is 9.59 Å². The van der Waals surface area contributed by atoms with Gasteiger partial charge in [0.15, 0.2) is 0 Å². The summed E-state index contributed by atoms with van der Waals surface area (Å²) in [5.74, 6) is -0.491. The number of carbonyl (C=O) groups is 2. The van der Waals surface area contributed by atoms with E-state index < -0.39 is 5.91 Å². The highest BCUT2D eigenvalue weighted by molar-refractivity contribution is 7.98. The molecule has 0 rings (SSSR count). The van der Waals surface area contributed by atoms with E-state index in [1.54, 1.807) is 0 Å². The summed E-state index contributed by atoms with van der Waals surface area (Å²) in [4.78, 5) is 20.2. The monoisotopic (exact) mass is 148 g/mol. The molecule has 52 valence electrons. The zero-order valence-corrected chi connectivity index (χ0v) is 5.83. The van der Waals surface area contributed by atoms with Crippen molar-refractivity contribution < 1.29 is 9.59 Å². The van der Waals surface area contributed by atoms with E-state index in [1.807, 2.05) is 0 Å². The van der Waals surface area contributed by atoms with Gasteiger partial charge in [0, 0.05) is 6.92 Å². The molecule has 0 aromatic rings. The summed E-state index contributed by atoms with van der Waals surface area (Å²) in [6.45, 7) is 1.37. The Bertz CT molecular complexity index is 112. The largest absolute Gasteiger partial charge is 0.369 e. The molecule has 5 heteroatoms. The molecule has 0 aliphatic carbocycles. The van der Waals surface area contributed by atoms with Crippen LogP contribution in [0.25, 0.3) is 0 Å². The summed E-state index contributed by atoms with van der Waals surface area (Å²) in [6.07, 6.45) is 0. The van der Waals surface area contributed by atoms with Gasteiger partial charge < -0.3 is 5.73 Å². The van der Waals surface area contributed by atoms with Crippen molar-refractivity contribution >= 4 is 23.8 Å². The van der Waals surface area contributed by atoms with Gasteiger partial charge in [0.25, 0.3) is 0 Å². The molecule has 0 aromatic carbocycles. The van der Waals surface area contributed by atoms with Crippen molar-refractivity contribution in [2.75, 3.05) is 5.75 Å². The van der Waals surface area contributed by atoms with Gasteiger partial charge in [-0.1, -0.05) is 0 Å². The number of hydrogen-bond acceptors (Lipinski definition) is 3. The second kappa shape index (κ2) is 4.20. The number of hydrogen-bond donors (Lipinski definition) is 2. The van der Waals surface area contributed by atoms with Gasteiger partial charge in [-0.25, -0.2) is 0 Å². The molecule has 0 aliphatic heterocycles. The highest BCUT2D eigenvalue weighted by Crippen LogP contribution is 1.88. The lowest BCUT2D eigenvalue weighted by molar-refractivity contribution is -0.117. The van der Waals surface area contributed by atoms with Gasteiger partial charge >= 0.3 is 0 Å². The minimum atomic E-state index is -0.436. The first kappa shape index (κ1) is 8.29. The highest BCUT2D eigenvalue weighted by atomic mass is 32.2. The zero-order chi connectivity index (χ0) is 7.28. The number of nitrogens with two attached hydrogens (primary N) is 1. The van der Waals surface area contributed by atoms with Crippen LogP contribution in [-0.4, -0.2) is 17.6 Å². The third-order valence-electron chi connectivity index (χ3n) is 0.430. The normalized spacial score (nSPS) is 8.56. The molecule has 9 heavy (non-hydrogen) atoms. The van der Waals surface area contributed by atoms with E-state index in [1.165, 1.54) is 6.92 Å². The van der Waals surface area contributed by atoms with Crippen molar-refractivity contribution in [1.82, 2.24) is 4.72 Å². The maximum absolute atomic E-state index is 10.1. The molecule has 0 heterocycles. The Kier molecular flexibility index (Phi) is 3.87. The van der Waals surface area contributed by atoms with E-state index >= 15 is 0 Å². The van der Waals surface area contributed by atoms with Gasteiger partial charge in [-0.05, 0) is 11.9 Å². The number of amides is 2. The number of primary amides is 1. The van der Waals surface area contributed by atoms with Gasteiger partial charge in [-0.3, -0.25) is 14.3 Å². The quantitative estimate of drug-likeness (QED) is 0.517. The molecule has 0 atom stereocenters. The lowest BCUT2D eigenvalue weighted by Gasteiger charge is -1.95. The van der Waals surface area contributed by atoms with Crippen LogP contribution >= 0.6 is 11.9 Å². The highest BCUT2D eigenvalue weighted by Gasteiger charge is 1.94. The third kappa shape index (κ3) is 7.29. The molecule has 0 fully saturated rings. The molecule has 0 bridgehead atoms. The molecular weight excluding hydrogens is 140 g/mol. The number of nitrogens with one attached hydrogen (secondary N) is 1. The van der Waals surface area contributed by atoms with Gasteiger partial charge in [-0.15, -0.1) is 0 Å². The molecule has 2 amide bonds. The lowest BCUT2D eigenvalue weighted by Crippen LogP contribution is -2.19. The first-order valence-corrected chi connectivity index (χ1v) is 3.28. The number of carbonyl (C=O) groups excluding carboxylic acids is 2. The van der Waals surface area contributed by atoms with Crippen molar-refractivity contribution in [2.45, 2.75) is 6.92 Å². The fourth-order valence-electron chi connectivity index (χ4n) is 0.209. The predicted octanol–water partition coefficient (Wildman–Crippen LogP) is -0.744. The van der Waals surface area contributed by atoms with Crippen molar-refractivity contribution in [3.05, 3.63) is 0 Å². The van der Waals surface area contributed by atoms with Gasteiger partial charge in [-0.2, -0.15) is 0 Å². The van der Waals surface area contributed by atoms with Crippen molar-refractivity contribution in [1.29, 1.82) is 0 Å². The lowest BCUT2D eigenvalue weighted by atomic mass is 10.8. The van der Waals surface area contributed by atoms with Crippen LogP contribution in [0.4, 0.5) is 0 Å². The minimum Gasteiger partial charge on any atom is -0.369 e. The Morgan fingerprint density at radius 3 is 2.56 bits per heavy atom. The Hall–Kier alpha value is -0.710. The standard InChI is InChI=1S/C4H8N2O2S/c1-3(7)6-9-2-4(5)8/h2H2,1H3,(H2,5,8)(H,6,7). The molecule has 0 aromatic heterocycles. The Morgan fingerprint density at radius 1 is 1.67 bits per heavy atom. The second-order valence-electron chi connectivity index (χ2n) is 1.41. The molecule has 3 N–H and O–H groups in total. The number of rotatable bonds is 3. The zero-order valence-electron chi connectivity index (χ0n) is 5.01. The smallest absolute Gasteiger partial charge is 0.229 e. The Labute approximate surface area is 57.3 Å². The maximum atomic E-state index is 10.1. The first-order chi connectivity index (χ1) is 4.13. The van der Waals surface area contributed by atoms with E-state index in [2.05, 4.69) is 4.72 Å². The molecule has 4 nitrogen and oxygen atoms in total. The summed E-state index contributed by atoms with van der Waals surface area (Å²) in [5, 5.41) is 0. The maximum Gasteiger partial charge on any atom is 0.229 e. The van der Waals surface area contributed by atoms with Gasteiger partial charge in [0.05, 0.1) is 5.75 Å². The Morgan fingerprint density at radius 2 is 2.22 bits per heavy atom. The molecule has 0 spiro atoms. The average molecular weight is 148 g/mol. The van der Waals surface area contributed by atoms with E-state index in [0.717, 1.165) is 11.9 Å². The van der Waals surface area contributed by atoms with Crippen LogP contribution in [0.2, 0.25) is 0 Å². The van der Waals surface area contributed by atoms with Crippen LogP contribution in [0.5, 0.6) is 0 Å². The molecule has 0 unspecified atom stereocenters. The molecule has 0 saturated heterocycles. The Balaban J connectivity index is 3.10. The minimum absolute atomic E-state index is 0.125. The van der Waals surface area contributed by atoms with Crippen molar-refractivity contribution in [2.24, 2.45) is 5.73 Å². The van der Waals surface area contributed by atoms with Crippen LogP contribution in [0.1, 0.15) is 6.92 Å². The molecular formula is C4H8N2O2S. The summed E-state index contributed by atoms with van der Waals surface area (Å²) < 4.78 is 2.35. The fraction of sp³-hybridized carbons (Fsp3) is 0.500. The molecule has 0 radical (unpaired) electrons. The van der Waals surface area contributed by atoms with E-state index in [9.17, 15) is 9.59 Å². The summed E-state index contributed by atoms with van der Waals surface area (Å²) in [7, 11) is 0. The predicted molar refractivity (Wildman–Crippen MR) is 35.5 cm³/mol. The summed E-state index contributed by atoms with van der Waals surface area (Å²) in [5.41, 5.74) is 4.77. The van der Waals surface area contributed by atoms with Crippen molar-refractivity contribution in [3.63, 3.8) is 0 Å². The second-order valence-corrected chi connectivity index (χ2v) is 2.19. The third-order valence-corrected chi connectivity index (χ3v) is 1.29. The van der Waals surface area contributed by atoms with Gasteiger partial charge in [0.1, 0.15) is 0 Å². The van der Waals surface area contributed by atoms with Crippen LogP contribution in [0, 0.1) is 0 Å². The van der Waals surface area contributed by atoms with E-state index in [0.29, 0.717) is 0 Å². The average Bonchev–Trinajstić information content (AvgIpc) is 1.63.